The van der Waals surface area contributed by atoms with Crippen molar-refractivity contribution in [3.8, 4) is 112 Å². The molecule has 0 bridgehead atoms. The highest BCUT2D eigenvalue weighted by atomic mass is 79.9. The fraction of sp³-hybridized carbons (Fsp3) is 0.0175. The second-order valence-corrected chi connectivity index (χ2v) is 34.1. The average Bonchev–Trinajstić information content (AvgIpc) is 1.52. The minimum Gasteiger partial charge on any atom is -0.455 e. The Labute approximate surface area is 720 Å². The normalized spacial score (nSPS) is 12.8. The Morgan fingerprint density at radius 2 is 0.488 bits per heavy atom. The topological polar surface area (TPSA) is 33.7 Å². The Morgan fingerprint density at radius 3 is 0.826 bits per heavy atom. The Kier molecular flexibility index (Phi) is 18.6. The first-order chi connectivity index (χ1) is 59.9. The fourth-order valence-corrected chi connectivity index (χ4v) is 21.7. The van der Waals surface area contributed by atoms with E-state index in [0.717, 1.165) is 61.3 Å². The van der Waals surface area contributed by atoms with Crippen molar-refractivity contribution in [3.05, 3.63) is 497 Å². The van der Waals surface area contributed by atoms with Gasteiger partial charge in [0.2, 0.25) is 0 Å². The molecule has 0 saturated carbocycles. The molecule has 572 valence electrons. The number of benzene rings is 18. The lowest BCUT2D eigenvalue weighted by atomic mass is 9.69. The highest BCUT2D eigenvalue weighted by Crippen LogP contribution is 2.67. The monoisotopic (exact) mass is 1650 g/mol. The molecule has 121 heavy (non-hydrogen) atoms. The SMILES string of the molecule is Brc1ccc2sc3c(c2c1)Oc1ccccc1C31c2ccccc2-c2ccccc21.c1ccc(-c2ccc(-c3ccc(N(c4ccc(-c5ccccc5)cc4)c4ccc5sc6c(c5c4)Oc4ccccc4C64c5ccccc5-c5ccccc54)cc3)cc2)cc1.c1ccc(-c2ccc(Nc3ccc(-c4ccc(-c5ccccc5)cc4)cc3)cc2)cc1. The molecule has 2 aliphatic carbocycles. The maximum atomic E-state index is 7.05. The molecule has 4 nitrogen and oxygen atoms in total. The first-order valence-electron chi connectivity index (χ1n) is 41.0. The number of anilines is 5. The van der Waals surface area contributed by atoms with Crippen molar-refractivity contribution in [1.29, 1.82) is 0 Å². The number of hydrogen-bond acceptors (Lipinski definition) is 6. The first-order valence-corrected chi connectivity index (χ1v) is 43.4. The summed E-state index contributed by atoms with van der Waals surface area (Å²) < 4.78 is 17.2. The highest BCUT2D eigenvalue weighted by molar-refractivity contribution is 9.10. The zero-order chi connectivity index (χ0) is 80.4. The second kappa shape index (κ2) is 30.8. The molecule has 0 radical (unpaired) electrons. The van der Waals surface area contributed by atoms with Crippen molar-refractivity contribution in [3.63, 3.8) is 0 Å². The van der Waals surface area contributed by atoms with Gasteiger partial charge in [-0.15, -0.1) is 22.7 Å². The van der Waals surface area contributed by atoms with E-state index >= 15 is 0 Å². The summed E-state index contributed by atoms with van der Waals surface area (Å²) in [5.41, 5.74) is 32.0. The van der Waals surface area contributed by atoms with Gasteiger partial charge in [-0.3, -0.25) is 0 Å². The van der Waals surface area contributed by atoms with Gasteiger partial charge in [0, 0.05) is 64.2 Å². The third-order valence-corrected chi connectivity index (χ3v) is 27.3. The van der Waals surface area contributed by atoms with Crippen LogP contribution in [0.15, 0.2) is 453 Å². The molecular weight excluding hydrogens is 1570 g/mol. The van der Waals surface area contributed by atoms with Crippen LogP contribution in [0.1, 0.15) is 43.1 Å². The Hall–Kier alpha value is -14.4. The van der Waals surface area contributed by atoms with Crippen molar-refractivity contribution < 1.29 is 9.47 Å². The lowest BCUT2D eigenvalue weighted by Crippen LogP contribution is -2.30. The Morgan fingerprint density at radius 1 is 0.231 bits per heavy atom. The number of fused-ring (bicyclic) bond motifs is 22. The van der Waals surface area contributed by atoms with E-state index in [1.807, 2.05) is 34.8 Å². The van der Waals surface area contributed by atoms with Gasteiger partial charge in [0.1, 0.15) is 11.5 Å². The average molecular weight is 1650 g/mol. The summed E-state index contributed by atoms with van der Waals surface area (Å²) in [5.74, 6) is 3.77. The molecule has 0 saturated heterocycles. The van der Waals surface area contributed by atoms with E-state index in [4.69, 9.17) is 9.47 Å². The fourth-order valence-electron chi connectivity index (χ4n) is 18.6. The van der Waals surface area contributed by atoms with E-state index in [-0.39, 0.29) is 5.41 Å². The van der Waals surface area contributed by atoms with Gasteiger partial charge in [-0.05, 0) is 208 Å². The summed E-state index contributed by atoms with van der Waals surface area (Å²) in [6, 6.07) is 161. The molecule has 7 heteroatoms. The van der Waals surface area contributed by atoms with Gasteiger partial charge < -0.3 is 19.7 Å². The zero-order valence-electron chi connectivity index (χ0n) is 65.7. The van der Waals surface area contributed by atoms with Crippen LogP contribution in [0.4, 0.5) is 28.4 Å². The predicted molar refractivity (Wildman–Crippen MR) is 510 cm³/mol. The first kappa shape index (κ1) is 73.0. The number of para-hydroxylation sites is 2. The van der Waals surface area contributed by atoms with E-state index in [9.17, 15) is 0 Å². The third-order valence-electron chi connectivity index (χ3n) is 24.3. The van der Waals surface area contributed by atoms with E-state index < -0.39 is 5.41 Å². The number of halogens is 1. The smallest absolute Gasteiger partial charge is 0.150 e. The van der Waals surface area contributed by atoms with E-state index in [1.165, 1.54) is 147 Å². The van der Waals surface area contributed by atoms with Crippen molar-refractivity contribution >= 4 is 87.2 Å². The maximum absolute atomic E-state index is 7.05. The molecule has 1 N–H and O–H groups in total. The molecule has 0 amide bonds. The van der Waals surface area contributed by atoms with Crippen molar-refractivity contribution in [1.82, 2.24) is 0 Å². The quantitative estimate of drug-likeness (QED) is 0.140. The van der Waals surface area contributed by atoms with Crippen LogP contribution in [-0.4, -0.2) is 0 Å². The van der Waals surface area contributed by atoms with Gasteiger partial charge in [-0.1, -0.05) is 368 Å². The summed E-state index contributed by atoms with van der Waals surface area (Å²) in [7, 11) is 0. The summed E-state index contributed by atoms with van der Waals surface area (Å²) >= 11 is 7.36. The van der Waals surface area contributed by atoms with Crippen molar-refractivity contribution in [2.75, 3.05) is 10.2 Å². The maximum Gasteiger partial charge on any atom is 0.150 e. The van der Waals surface area contributed by atoms with Gasteiger partial charge in [-0.25, -0.2) is 0 Å². The highest BCUT2D eigenvalue weighted by Gasteiger charge is 2.54. The van der Waals surface area contributed by atoms with Crippen LogP contribution in [-0.2, 0) is 10.8 Å². The molecule has 2 spiro atoms. The van der Waals surface area contributed by atoms with Crippen LogP contribution in [0.3, 0.4) is 0 Å². The van der Waals surface area contributed by atoms with Crippen molar-refractivity contribution in [2.24, 2.45) is 0 Å². The molecule has 0 fully saturated rings. The van der Waals surface area contributed by atoms with Crippen LogP contribution >= 0.6 is 38.6 Å². The van der Waals surface area contributed by atoms with Gasteiger partial charge >= 0.3 is 0 Å². The molecule has 20 aromatic rings. The molecule has 0 atom stereocenters. The molecule has 4 aliphatic rings. The predicted octanol–water partition coefficient (Wildman–Crippen LogP) is 32.4. The van der Waals surface area contributed by atoms with E-state index in [0.29, 0.717) is 0 Å². The van der Waals surface area contributed by atoms with Gasteiger partial charge in [-0.2, -0.15) is 0 Å². The molecule has 0 unspecified atom stereocenters. The number of rotatable bonds is 11. The summed E-state index contributed by atoms with van der Waals surface area (Å²) in [5, 5.41) is 5.77. The van der Waals surface area contributed by atoms with E-state index in [2.05, 4.69) is 463 Å². The summed E-state index contributed by atoms with van der Waals surface area (Å²) in [4.78, 5) is 4.87. The lowest BCUT2D eigenvalue weighted by molar-refractivity contribution is 0.446. The van der Waals surface area contributed by atoms with Gasteiger partial charge in [0.15, 0.2) is 11.5 Å². The molecule has 18 aromatic carbocycles. The Balaban J connectivity index is 0.000000120. The van der Waals surface area contributed by atoms with Crippen LogP contribution in [0, 0.1) is 0 Å². The minimum atomic E-state index is -0.483. The van der Waals surface area contributed by atoms with Crippen LogP contribution in [0.25, 0.3) is 109 Å². The Bertz CT molecular complexity index is 7160. The molecular formula is C114H75BrN2O2S2. The zero-order valence-corrected chi connectivity index (χ0v) is 68.9. The van der Waals surface area contributed by atoms with Gasteiger partial charge in [0.25, 0.3) is 0 Å². The summed E-state index contributed by atoms with van der Waals surface area (Å²) in [6.45, 7) is 0. The minimum absolute atomic E-state index is 0.354. The summed E-state index contributed by atoms with van der Waals surface area (Å²) in [6.07, 6.45) is 0. The van der Waals surface area contributed by atoms with E-state index in [1.54, 1.807) is 0 Å². The number of nitrogens with one attached hydrogen (secondary N) is 1. The third kappa shape index (κ3) is 12.8. The molecule has 4 heterocycles. The van der Waals surface area contributed by atoms with Gasteiger partial charge in [0.05, 0.1) is 20.6 Å². The van der Waals surface area contributed by atoms with Crippen LogP contribution in [0.2, 0.25) is 0 Å². The molecule has 24 rings (SSSR count). The standard InChI is InChI=1S/C57H37NOS.C30H23N.C27H15BrOS/c1-3-13-38(14-4-1)40-23-25-41(26-24-40)43-29-33-45(34-30-43)58(44-31-27-42(28-32-44)39-15-5-2-6-16-39)46-35-36-54-49(37-46)55-56(60-54)57(52-21-11-12-22-53(52)59-55)50-19-9-7-17-47(50)48-18-8-10-20-51(48)57;1-3-7-23(8-4-1)25-11-13-26(14-12-25)28-17-21-30(22-18-28)31-29-19-15-27(16-20-29)24-9-5-2-6-10-24;28-16-13-14-24-19(15-16)25-26(30-24)27(22-11-5-6-12-23(22)29-25)20-9-3-1-7-17(20)18-8-2-4-10-21(18)27/h1-37H;1-22,31H;1-15H. The number of nitrogens with zero attached hydrogens (tertiary/aromatic N) is 1. The molecule has 2 aromatic heterocycles. The van der Waals surface area contributed by atoms with Crippen LogP contribution < -0.4 is 19.7 Å². The second-order valence-electron chi connectivity index (χ2n) is 31.0. The molecule has 2 aliphatic heterocycles. The lowest BCUT2D eigenvalue weighted by Gasteiger charge is -2.37. The number of ether oxygens (including phenoxy) is 2. The van der Waals surface area contributed by atoms with Crippen molar-refractivity contribution in [2.45, 2.75) is 10.8 Å². The number of thiophene rings is 2. The number of hydrogen-bond donors (Lipinski definition) is 1. The largest absolute Gasteiger partial charge is 0.455 e. The van der Waals surface area contributed by atoms with Crippen LogP contribution in [0.5, 0.6) is 23.0 Å².